The third-order valence-electron chi connectivity index (χ3n) is 3.86. The summed E-state index contributed by atoms with van der Waals surface area (Å²) in [4.78, 5) is 34.9. The molecule has 0 radical (unpaired) electrons. The Morgan fingerprint density at radius 3 is 2.33 bits per heavy atom. The van der Waals surface area contributed by atoms with Crippen molar-refractivity contribution in [1.29, 1.82) is 0 Å². The summed E-state index contributed by atoms with van der Waals surface area (Å²) < 4.78 is 5.28. The molecule has 0 unspecified atom stereocenters. The first-order valence-electron chi connectivity index (χ1n) is 7.41. The molecular weight excluding hydrogens is 310 g/mol. The molecule has 2 aromatic rings. The standard InChI is InChI=1S/C18H15NO5/c20-15-10-14(16(24-15)11-4-2-1-3-5-11)17(21)19-13-8-6-12(7-9-13)18(22)23/h1-9,14,16H,10H2,(H,19,21)(H,22,23)/p-1/t14-,16-/m0/s1. The number of anilines is 1. The minimum Gasteiger partial charge on any atom is -0.545 e. The maximum atomic E-state index is 12.5. The zero-order valence-electron chi connectivity index (χ0n) is 12.6. The van der Waals surface area contributed by atoms with Gasteiger partial charge >= 0.3 is 5.97 Å². The lowest BCUT2D eigenvalue weighted by molar-refractivity contribution is -0.255. The number of amides is 1. The van der Waals surface area contributed by atoms with Crippen LogP contribution in [0, 0.1) is 5.92 Å². The highest BCUT2D eigenvalue weighted by molar-refractivity contribution is 5.97. The second-order valence-corrected chi connectivity index (χ2v) is 5.49. The van der Waals surface area contributed by atoms with Gasteiger partial charge in [-0.05, 0) is 23.3 Å². The Kier molecular flexibility index (Phi) is 4.29. The van der Waals surface area contributed by atoms with Gasteiger partial charge < -0.3 is 20.0 Å². The molecule has 6 heteroatoms. The molecule has 1 saturated heterocycles. The van der Waals surface area contributed by atoms with E-state index in [0.29, 0.717) is 5.69 Å². The summed E-state index contributed by atoms with van der Waals surface area (Å²) in [5, 5.41) is 13.4. The molecule has 1 aliphatic rings. The molecule has 0 aromatic heterocycles. The lowest BCUT2D eigenvalue weighted by atomic mass is 9.94. The molecule has 0 aliphatic carbocycles. The molecule has 2 aromatic carbocycles. The van der Waals surface area contributed by atoms with Crippen LogP contribution in [0.1, 0.15) is 28.4 Å². The first-order chi connectivity index (χ1) is 11.5. The number of carbonyl (C=O) groups excluding carboxylic acids is 3. The van der Waals surface area contributed by atoms with E-state index in [1.165, 1.54) is 24.3 Å². The van der Waals surface area contributed by atoms with E-state index < -0.39 is 24.0 Å². The number of aromatic carboxylic acids is 1. The third kappa shape index (κ3) is 3.27. The zero-order valence-corrected chi connectivity index (χ0v) is 12.6. The molecule has 0 saturated carbocycles. The second-order valence-electron chi connectivity index (χ2n) is 5.49. The molecule has 3 rings (SSSR count). The third-order valence-corrected chi connectivity index (χ3v) is 3.86. The van der Waals surface area contributed by atoms with Crippen molar-refractivity contribution < 1.29 is 24.2 Å². The van der Waals surface area contributed by atoms with Crippen LogP contribution in [0.2, 0.25) is 0 Å². The van der Waals surface area contributed by atoms with Crippen molar-refractivity contribution in [2.75, 3.05) is 5.32 Å². The number of benzene rings is 2. The Labute approximate surface area is 138 Å². The normalized spacial score (nSPS) is 19.6. The molecule has 1 heterocycles. The van der Waals surface area contributed by atoms with E-state index in [1.807, 2.05) is 18.2 Å². The van der Waals surface area contributed by atoms with E-state index in [2.05, 4.69) is 5.32 Å². The van der Waals surface area contributed by atoms with Gasteiger partial charge in [0, 0.05) is 5.69 Å². The quantitative estimate of drug-likeness (QED) is 0.855. The topological polar surface area (TPSA) is 95.5 Å². The molecule has 122 valence electrons. The SMILES string of the molecule is O=C1C[C@H](C(=O)Nc2ccc(C(=O)[O-])cc2)[C@H](c2ccccc2)O1. The Morgan fingerprint density at radius 1 is 1.04 bits per heavy atom. The maximum absolute atomic E-state index is 12.5. The summed E-state index contributed by atoms with van der Waals surface area (Å²) in [6.07, 6.45) is -0.621. The molecule has 2 atom stereocenters. The average molecular weight is 324 g/mol. The average Bonchev–Trinajstić information content (AvgIpc) is 2.98. The second kappa shape index (κ2) is 6.54. The summed E-state index contributed by atoms with van der Waals surface area (Å²) >= 11 is 0. The molecule has 1 amide bonds. The van der Waals surface area contributed by atoms with Crippen LogP contribution < -0.4 is 10.4 Å². The Hall–Kier alpha value is -3.15. The molecule has 1 N–H and O–H groups in total. The highest BCUT2D eigenvalue weighted by Gasteiger charge is 2.40. The first kappa shape index (κ1) is 15.7. The van der Waals surface area contributed by atoms with Gasteiger partial charge in [0.25, 0.3) is 0 Å². The highest BCUT2D eigenvalue weighted by Crippen LogP contribution is 2.36. The van der Waals surface area contributed by atoms with E-state index in [0.717, 1.165) is 5.56 Å². The lowest BCUT2D eigenvalue weighted by Crippen LogP contribution is -2.25. The fourth-order valence-corrected chi connectivity index (χ4v) is 2.66. The Balaban J connectivity index is 1.75. The van der Waals surface area contributed by atoms with Crippen molar-refractivity contribution in [3.8, 4) is 0 Å². The number of carbonyl (C=O) groups is 3. The lowest BCUT2D eigenvalue weighted by Gasteiger charge is -2.17. The van der Waals surface area contributed by atoms with Gasteiger partial charge in [-0.2, -0.15) is 0 Å². The van der Waals surface area contributed by atoms with Crippen LogP contribution in [0.5, 0.6) is 0 Å². The number of rotatable bonds is 4. The van der Waals surface area contributed by atoms with Crippen molar-refractivity contribution in [2.45, 2.75) is 12.5 Å². The van der Waals surface area contributed by atoms with Gasteiger partial charge in [0.2, 0.25) is 5.91 Å². The number of cyclic esters (lactones) is 1. The van der Waals surface area contributed by atoms with E-state index in [1.54, 1.807) is 12.1 Å². The number of hydrogen-bond donors (Lipinski definition) is 1. The number of esters is 1. The highest BCUT2D eigenvalue weighted by atomic mass is 16.6. The van der Waals surface area contributed by atoms with E-state index >= 15 is 0 Å². The monoisotopic (exact) mass is 324 g/mol. The summed E-state index contributed by atoms with van der Waals surface area (Å²) in [6.45, 7) is 0. The van der Waals surface area contributed by atoms with Crippen molar-refractivity contribution in [3.63, 3.8) is 0 Å². The maximum Gasteiger partial charge on any atom is 0.307 e. The fourth-order valence-electron chi connectivity index (χ4n) is 2.66. The van der Waals surface area contributed by atoms with Crippen molar-refractivity contribution in [1.82, 2.24) is 0 Å². The number of ether oxygens (including phenoxy) is 1. The van der Waals surface area contributed by atoms with Gasteiger partial charge in [0.15, 0.2) is 0 Å². The summed E-state index contributed by atoms with van der Waals surface area (Å²) in [5.74, 6) is -2.69. The molecule has 1 fully saturated rings. The fraction of sp³-hybridized carbons (Fsp3) is 0.167. The van der Waals surface area contributed by atoms with Crippen LogP contribution in [-0.4, -0.2) is 17.8 Å². The molecular formula is C18H14NO5-. The van der Waals surface area contributed by atoms with Gasteiger partial charge in [0.05, 0.1) is 18.3 Å². The molecule has 24 heavy (non-hydrogen) atoms. The van der Waals surface area contributed by atoms with Gasteiger partial charge in [0.1, 0.15) is 6.10 Å². The van der Waals surface area contributed by atoms with Crippen LogP contribution in [0.15, 0.2) is 54.6 Å². The van der Waals surface area contributed by atoms with Crippen LogP contribution >= 0.6 is 0 Å². The molecule has 0 bridgehead atoms. The summed E-state index contributed by atoms with van der Waals surface area (Å²) in [5.41, 5.74) is 1.22. The molecule has 6 nitrogen and oxygen atoms in total. The minimum absolute atomic E-state index is 0.00250. The predicted molar refractivity (Wildman–Crippen MR) is 82.8 cm³/mol. The van der Waals surface area contributed by atoms with Crippen molar-refractivity contribution >= 4 is 23.5 Å². The van der Waals surface area contributed by atoms with Crippen molar-refractivity contribution in [2.24, 2.45) is 5.92 Å². The molecule has 1 aliphatic heterocycles. The Bertz CT molecular complexity index is 770. The van der Waals surface area contributed by atoms with Crippen molar-refractivity contribution in [3.05, 3.63) is 65.7 Å². The van der Waals surface area contributed by atoms with E-state index in [4.69, 9.17) is 4.74 Å². The summed E-state index contributed by atoms with van der Waals surface area (Å²) in [6, 6.07) is 14.7. The van der Waals surface area contributed by atoms with Gasteiger partial charge in [-0.1, -0.05) is 42.5 Å². The minimum atomic E-state index is -1.29. The first-order valence-corrected chi connectivity index (χ1v) is 7.41. The van der Waals surface area contributed by atoms with E-state index in [9.17, 15) is 19.5 Å². The number of hydrogen-bond acceptors (Lipinski definition) is 5. The summed E-state index contributed by atoms with van der Waals surface area (Å²) in [7, 11) is 0. The Morgan fingerprint density at radius 2 is 1.71 bits per heavy atom. The van der Waals surface area contributed by atoms with Gasteiger partial charge in [-0.3, -0.25) is 9.59 Å². The largest absolute Gasteiger partial charge is 0.545 e. The number of carboxylic acid groups (broad SMARTS) is 1. The van der Waals surface area contributed by atoms with Gasteiger partial charge in [-0.25, -0.2) is 0 Å². The van der Waals surface area contributed by atoms with E-state index in [-0.39, 0.29) is 17.9 Å². The number of carboxylic acids is 1. The zero-order chi connectivity index (χ0) is 17.1. The number of nitrogens with one attached hydrogen (secondary N) is 1. The predicted octanol–water partition coefficient (Wildman–Crippen LogP) is 1.29. The van der Waals surface area contributed by atoms with Gasteiger partial charge in [-0.15, -0.1) is 0 Å². The van der Waals surface area contributed by atoms with Crippen LogP contribution in [0.25, 0.3) is 0 Å². The smallest absolute Gasteiger partial charge is 0.307 e. The van der Waals surface area contributed by atoms with Crippen LogP contribution in [0.4, 0.5) is 5.69 Å². The van der Waals surface area contributed by atoms with Crippen LogP contribution in [-0.2, 0) is 14.3 Å². The molecule has 0 spiro atoms. The van der Waals surface area contributed by atoms with Crippen LogP contribution in [0.3, 0.4) is 0 Å².